The first kappa shape index (κ1) is 24.3. The van der Waals surface area contributed by atoms with Gasteiger partial charge in [0, 0.05) is 0 Å². The summed E-state index contributed by atoms with van der Waals surface area (Å²) in [7, 11) is -9.23. The maximum atomic E-state index is 13.1. The van der Waals surface area contributed by atoms with Crippen molar-refractivity contribution in [1.82, 2.24) is 0 Å². The molecule has 0 aromatic rings. The van der Waals surface area contributed by atoms with Gasteiger partial charge in [-0.3, -0.25) is 9.13 Å². The second-order valence-corrected chi connectivity index (χ2v) is 12.2. The highest BCUT2D eigenvalue weighted by Gasteiger charge is 2.75. The molecule has 1 aliphatic rings. The van der Waals surface area contributed by atoms with Crippen LogP contribution in [0.4, 0.5) is 0 Å². The van der Waals surface area contributed by atoms with Crippen molar-refractivity contribution in [1.29, 1.82) is 0 Å². The zero-order chi connectivity index (χ0) is 20.8. The molecule has 0 radical (unpaired) electrons. The summed E-state index contributed by atoms with van der Waals surface area (Å²) in [6.45, 7) is 13.2. The lowest BCUT2D eigenvalue weighted by atomic mass is 9.45. The van der Waals surface area contributed by atoms with Crippen molar-refractivity contribution >= 4 is 15.2 Å². The molecule has 0 aromatic heterocycles. The van der Waals surface area contributed by atoms with Crippen LogP contribution >= 0.6 is 15.2 Å². The maximum absolute atomic E-state index is 13.1. The standard InChI is InChI=1S/C18H38O6P2/c1-8-16(7)15(25(19,20)21)12-14(13(5)6)17(9-2,10-3)18(16,11-4)26(22,23)24/h13-15H,8-12H2,1-7H3,(H2,19,20,21)(H2,22,23,24). The molecule has 0 saturated heterocycles. The minimum Gasteiger partial charge on any atom is -0.324 e. The predicted molar refractivity (Wildman–Crippen MR) is 105 cm³/mol. The zero-order valence-corrected chi connectivity index (χ0v) is 19.1. The van der Waals surface area contributed by atoms with Gasteiger partial charge < -0.3 is 19.6 Å². The Balaban J connectivity index is 4.09. The smallest absolute Gasteiger partial charge is 0.324 e. The molecule has 0 amide bonds. The molecule has 4 unspecified atom stereocenters. The van der Waals surface area contributed by atoms with Crippen molar-refractivity contribution in [3.05, 3.63) is 0 Å². The highest BCUT2D eigenvalue weighted by molar-refractivity contribution is 7.54. The molecule has 0 aliphatic heterocycles. The average molecular weight is 412 g/mol. The minimum atomic E-state index is -4.69. The molecule has 156 valence electrons. The van der Waals surface area contributed by atoms with Crippen molar-refractivity contribution in [3.8, 4) is 0 Å². The minimum absolute atomic E-state index is 0.0721. The lowest BCUT2D eigenvalue weighted by molar-refractivity contribution is -0.0853. The van der Waals surface area contributed by atoms with Crippen LogP contribution in [0.5, 0.6) is 0 Å². The van der Waals surface area contributed by atoms with Gasteiger partial charge in [0.1, 0.15) is 0 Å². The van der Waals surface area contributed by atoms with Gasteiger partial charge in [-0.1, -0.05) is 48.5 Å². The van der Waals surface area contributed by atoms with E-state index in [1.54, 1.807) is 20.8 Å². The molecule has 4 N–H and O–H groups in total. The monoisotopic (exact) mass is 412 g/mol. The van der Waals surface area contributed by atoms with Gasteiger partial charge in [-0.25, -0.2) is 0 Å². The first-order valence-corrected chi connectivity index (χ1v) is 13.1. The molecule has 1 saturated carbocycles. The number of hydrogen-bond acceptors (Lipinski definition) is 2. The van der Waals surface area contributed by atoms with Gasteiger partial charge in [-0.15, -0.1) is 0 Å². The molecule has 0 heterocycles. The molecule has 0 bridgehead atoms. The number of rotatable bonds is 7. The molecule has 0 aromatic carbocycles. The van der Waals surface area contributed by atoms with Crippen LogP contribution in [-0.2, 0) is 9.13 Å². The Labute approximate surface area is 158 Å². The fourth-order valence-electron chi connectivity index (χ4n) is 6.77. The fourth-order valence-corrected chi connectivity index (χ4v) is 11.0. The van der Waals surface area contributed by atoms with Crippen molar-refractivity contribution in [2.45, 2.75) is 91.4 Å². The molecular weight excluding hydrogens is 374 g/mol. The Morgan fingerprint density at radius 1 is 0.923 bits per heavy atom. The lowest BCUT2D eigenvalue weighted by Gasteiger charge is -2.68. The normalized spacial score (nSPS) is 35.7. The fraction of sp³-hybridized carbons (Fsp3) is 1.00. The highest BCUT2D eigenvalue weighted by Crippen LogP contribution is 2.80. The summed E-state index contributed by atoms with van der Waals surface area (Å²) in [4.78, 5) is 41.7. The van der Waals surface area contributed by atoms with E-state index in [2.05, 4.69) is 0 Å². The Kier molecular flexibility index (Phi) is 7.13. The Bertz CT molecular complexity index is 590. The van der Waals surface area contributed by atoms with Crippen molar-refractivity contribution in [2.75, 3.05) is 0 Å². The molecule has 8 heteroatoms. The molecule has 1 fully saturated rings. The van der Waals surface area contributed by atoms with Crippen molar-refractivity contribution in [2.24, 2.45) is 22.7 Å². The van der Waals surface area contributed by atoms with Crippen LogP contribution in [0.15, 0.2) is 0 Å². The summed E-state index contributed by atoms with van der Waals surface area (Å²) in [6, 6.07) is 0. The summed E-state index contributed by atoms with van der Waals surface area (Å²) < 4.78 is 25.6. The van der Waals surface area contributed by atoms with Crippen LogP contribution < -0.4 is 0 Å². The predicted octanol–water partition coefficient (Wildman–Crippen LogP) is 4.76. The van der Waals surface area contributed by atoms with Gasteiger partial charge in [0.05, 0.1) is 10.8 Å². The molecule has 4 atom stereocenters. The van der Waals surface area contributed by atoms with E-state index in [-0.39, 0.29) is 18.3 Å². The topological polar surface area (TPSA) is 115 Å². The second-order valence-electron chi connectivity index (χ2n) is 8.58. The average Bonchev–Trinajstić information content (AvgIpc) is 2.50. The van der Waals surface area contributed by atoms with E-state index < -0.39 is 36.8 Å². The Hall–Kier alpha value is 0.300. The molecule has 0 spiro atoms. The lowest BCUT2D eigenvalue weighted by Crippen LogP contribution is -2.68. The Morgan fingerprint density at radius 2 is 1.38 bits per heavy atom. The largest absolute Gasteiger partial charge is 0.332 e. The van der Waals surface area contributed by atoms with Crippen LogP contribution in [0.25, 0.3) is 0 Å². The first-order valence-electron chi connectivity index (χ1n) is 9.77. The van der Waals surface area contributed by atoms with E-state index in [0.717, 1.165) is 0 Å². The third-order valence-corrected chi connectivity index (χ3v) is 11.8. The van der Waals surface area contributed by atoms with Crippen molar-refractivity contribution in [3.63, 3.8) is 0 Å². The highest BCUT2D eigenvalue weighted by atomic mass is 31.2. The summed E-state index contributed by atoms with van der Waals surface area (Å²) in [6.07, 6.45) is 1.97. The Morgan fingerprint density at radius 3 is 1.62 bits per heavy atom. The SMILES string of the molecule is CCC1(C)C(P(=O)(O)O)CC(C(C)C)C(CC)(CC)C1(CC)P(=O)(O)O. The van der Waals surface area contributed by atoms with E-state index in [0.29, 0.717) is 25.7 Å². The number of hydrogen-bond donors (Lipinski definition) is 4. The molecule has 1 rings (SSSR count). The van der Waals surface area contributed by atoms with Gasteiger partial charge in [-0.2, -0.15) is 0 Å². The van der Waals surface area contributed by atoms with Gasteiger partial charge >= 0.3 is 15.2 Å². The van der Waals surface area contributed by atoms with E-state index in [4.69, 9.17) is 0 Å². The molecule has 26 heavy (non-hydrogen) atoms. The van der Waals surface area contributed by atoms with Crippen LogP contribution in [-0.4, -0.2) is 30.4 Å². The van der Waals surface area contributed by atoms with Crippen LogP contribution in [0.3, 0.4) is 0 Å². The molecule has 6 nitrogen and oxygen atoms in total. The van der Waals surface area contributed by atoms with E-state index in [1.807, 2.05) is 27.7 Å². The van der Waals surface area contributed by atoms with Crippen LogP contribution in [0.2, 0.25) is 0 Å². The summed E-state index contributed by atoms with van der Waals surface area (Å²) >= 11 is 0. The van der Waals surface area contributed by atoms with Gasteiger partial charge in [-0.05, 0) is 54.8 Å². The third kappa shape index (κ3) is 3.09. The summed E-state index contributed by atoms with van der Waals surface area (Å²) in [5.41, 5.74) is -2.88. The van der Waals surface area contributed by atoms with E-state index in [9.17, 15) is 28.7 Å². The zero-order valence-electron chi connectivity index (χ0n) is 17.3. The van der Waals surface area contributed by atoms with Gasteiger partial charge in [0.25, 0.3) is 0 Å². The van der Waals surface area contributed by atoms with Crippen molar-refractivity contribution < 1.29 is 28.7 Å². The summed E-state index contributed by atoms with van der Waals surface area (Å²) in [5.74, 6) is -0.0924. The van der Waals surface area contributed by atoms with Gasteiger partial charge in [0.2, 0.25) is 0 Å². The summed E-state index contributed by atoms with van der Waals surface area (Å²) in [5, 5.41) is -1.47. The quantitative estimate of drug-likeness (QED) is 0.448. The van der Waals surface area contributed by atoms with Crippen LogP contribution in [0, 0.1) is 22.7 Å². The maximum Gasteiger partial charge on any atom is 0.332 e. The third-order valence-electron chi connectivity index (χ3n) is 7.91. The van der Waals surface area contributed by atoms with Crippen LogP contribution in [0.1, 0.15) is 80.6 Å². The van der Waals surface area contributed by atoms with E-state index >= 15 is 0 Å². The van der Waals surface area contributed by atoms with Gasteiger partial charge in [0.15, 0.2) is 0 Å². The molecule has 1 aliphatic carbocycles. The van der Waals surface area contributed by atoms with E-state index in [1.165, 1.54) is 0 Å². The second kappa shape index (κ2) is 7.61. The molecular formula is C18H38O6P2. The first-order chi connectivity index (χ1) is 11.7.